The van der Waals surface area contributed by atoms with Crippen molar-refractivity contribution in [1.82, 2.24) is 9.97 Å². The lowest BCUT2D eigenvalue weighted by Gasteiger charge is -2.13. The topological polar surface area (TPSA) is 84.1 Å². The Bertz CT molecular complexity index is 924. The van der Waals surface area contributed by atoms with E-state index in [1.54, 1.807) is 36.5 Å². The van der Waals surface area contributed by atoms with Crippen molar-refractivity contribution in [3.8, 4) is 11.1 Å². The third-order valence-corrected chi connectivity index (χ3v) is 3.86. The molecular formula is C19H18FN5O. The second kappa shape index (κ2) is 7.18. The number of carbonyl (C=O) groups excluding carboxylic acids is 1. The van der Waals surface area contributed by atoms with Gasteiger partial charge >= 0.3 is 0 Å². The molecule has 0 aliphatic heterocycles. The van der Waals surface area contributed by atoms with Crippen LogP contribution in [0.15, 0.2) is 54.9 Å². The van der Waals surface area contributed by atoms with Crippen LogP contribution in [0.1, 0.15) is 10.5 Å². The van der Waals surface area contributed by atoms with E-state index < -0.39 is 5.95 Å². The van der Waals surface area contributed by atoms with Crippen LogP contribution in [-0.4, -0.2) is 30.0 Å². The summed E-state index contributed by atoms with van der Waals surface area (Å²) in [4.78, 5) is 22.1. The maximum absolute atomic E-state index is 13.0. The van der Waals surface area contributed by atoms with Crippen LogP contribution >= 0.6 is 0 Å². The van der Waals surface area contributed by atoms with Crippen LogP contribution in [0.5, 0.6) is 0 Å². The second-order valence-corrected chi connectivity index (χ2v) is 5.92. The SMILES string of the molecule is CN(C)c1ccc(C(=O)Nc2cc(-c3ccc(F)nc3)ccc2N)nc1. The van der Waals surface area contributed by atoms with Crippen LogP contribution in [-0.2, 0) is 0 Å². The molecule has 1 aromatic carbocycles. The Hall–Kier alpha value is -3.48. The number of rotatable bonds is 4. The molecule has 3 N–H and O–H groups in total. The molecule has 0 radical (unpaired) electrons. The van der Waals surface area contributed by atoms with Crippen molar-refractivity contribution in [2.75, 3.05) is 30.0 Å². The van der Waals surface area contributed by atoms with E-state index in [0.717, 1.165) is 16.8 Å². The van der Waals surface area contributed by atoms with Crippen LogP contribution in [0.25, 0.3) is 11.1 Å². The molecule has 0 aliphatic carbocycles. The van der Waals surface area contributed by atoms with Gasteiger partial charge in [0.05, 0.1) is 23.3 Å². The van der Waals surface area contributed by atoms with Gasteiger partial charge in [-0.1, -0.05) is 6.07 Å². The number of pyridine rings is 2. The van der Waals surface area contributed by atoms with Gasteiger partial charge in [-0.3, -0.25) is 4.79 Å². The Morgan fingerprint density at radius 1 is 1.04 bits per heavy atom. The summed E-state index contributed by atoms with van der Waals surface area (Å²) >= 11 is 0. The number of benzene rings is 1. The van der Waals surface area contributed by atoms with Gasteiger partial charge in [-0.25, -0.2) is 9.97 Å². The summed E-state index contributed by atoms with van der Waals surface area (Å²) in [5.41, 5.74) is 9.49. The van der Waals surface area contributed by atoms with Crippen molar-refractivity contribution in [3.05, 3.63) is 66.5 Å². The third kappa shape index (κ3) is 3.77. The summed E-state index contributed by atoms with van der Waals surface area (Å²) in [5.74, 6) is -0.915. The Morgan fingerprint density at radius 2 is 1.81 bits per heavy atom. The number of nitrogens with two attached hydrogens (primary N) is 1. The van der Waals surface area contributed by atoms with Crippen LogP contribution in [0, 0.1) is 5.95 Å². The van der Waals surface area contributed by atoms with Crippen molar-refractivity contribution in [2.24, 2.45) is 0 Å². The molecule has 0 saturated carbocycles. The highest BCUT2D eigenvalue weighted by molar-refractivity contribution is 6.05. The molecule has 2 heterocycles. The Morgan fingerprint density at radius 3 is 2.42 bits per heavy atom. The highest BCUT2D eigenvalue weighted by Gasteiger charge is 2.11. The molecule has 0 spiro atoms. The quantitative estimate of drug-likeness (QED) is 0.557. The number of hydrogen-bond acceptors (Lipinski definition) is 5. The number of nitrogen functional groups attached to an aromatic ring is 1. The van der Waals surface area contributed by atoms with Gasteiger partial charge in [-0.05, 0) is 42.0 Å². The number of nitrogens with zero attached hydrogens (tertiary/aromatic N) is 3. The Balaban J connectivity index is 1.83. The van der Waals surface area contributed by atoms with Crippen LogP contribution in [0.4, 0.5) is 21.5 Å². The highest BCUT2D eigenvalue weighted by Crippen LogP contribution is 2.27. The number of nitrogens with one attached hydrogen (secondary N) is 1. The van der Waals surface area contributed by atoms with Crippen molar-refractivity contribution < 1.29 is 9.18 Å². The molecular weight excluding hydrogens is 333 g/mol. The molecule has 0 bridgehead atoms. The van der Waals surface area contributed by atoms with Crippen molar-refractivity contribution >= 4 is 23.0 Å². The maximum atomic E-state index is 13.0. The first-order chi connectivity index (χ1) is 12.4. The molecule has 6 nitrogen and oxygen atoms in total. The predicted octanol–water partition coefficient (Wildman–Crippen LogP) is 3.18. The molecule has 26 heavy (non-hydrogen) atoms. The van der Waals surface area contributed by atoms with E-state index in [9.17, 15) is 9.18 Å². The highest BCUT2D eigenvalue weighted by atomic mass is 19.1. The van der Waals surface area contributed by atoms with E-state index >= 15 is 0 Å². The van der Waals surface area contributed by atoms with Gasteiger partial charge in [0.15, 0.2) is 0 Å². The lowest BCUT2D eigenvalue weighted by Crippen LogP contribution is -2.16. The van der Waals surface area contributed by atoms with E-state index in [-0.39, 0.29) is 11.6 Å². The number of halogens is 1. The minimum Gasteiger partial charge on any atom is -0.397 e. The van der Waals surface area contributed by atoms with Crippen LogP contribution < -0.4 is 16.0 Å². The summed E-state index contributed by atoms with van der Waals surface area (Å²) in [5, 5.41) is 2.76. The van der Waals surface area contributed by atoms with E-state index in [2.05, 4.69) is 15.3 Å². The van der Waals surface area contributed by atoms with Gasteiger partial charge in [-0.2, -0.15) is 4.39 Å². The average Bonchev–Trinajstić information content (AvgIpc) is 2.64. The maximum Gasteiger partial charge on any atom is 0.274 e. The smallest absolute Gasteiger partial charge is 0.274 e. The summed E-state index contributed by atoms with van der Waals surface area (Å²) in [6.07, 6.45) is 3.05. The lowest BCUT2D eigenvalue weighted by molar-refractivity contribution is 0.102. The molecule has 2 aromatic heterocycles. The zero-order valence-electron chi connectivity index (χ0n) is 14.4. The van der Waals surface area contributed by atoms with Gasteiger partial charge in [0.1, 0.15) is 5.69 Å². The number of anilines is 3. The summed E-state index contributed by atoms with van der Waals surface area (Å²) < 4.78 is 13.0. The second-order valence-electron chi connectivity index (χ2n) is 5.92. The van der Waals surface area contributed by atoms with Gasteiger partial charge in [-0.15, -0.1) is 0 Å². The predicted molar refractivity (Wildman–Crippen MR) is 101 cm³/mol. The molecule has 3 rings (SSSR count). The summed E-state index contributed by atoms with van der Waals surface area (Å²) in [6.45, 7) is 0. The van der Waals surface area contributed by atoms with E-state index in [0.29, 0.717) is 11.4 Å². The van der Waals surface area contributed by atoms with Gasteiger partial charge < -0.3 is 16.0 Å². The number of aromatic nitrogens is 2. The summed E-state index contributed by atoms with van der Waals surface area (Å²) in [7, 11) is 3.79. The fraction of sp³-hybridized carbons (Fsp3) is 0.105. The van der Waals surface area contributed by atoms with Crippen LogP contribution in [0.3, 0.4) is 0 Å². The largest absolute Gasteiger partial charge is 0.397 e. The minimum absolute atomic E-state index is 0.281. The molecule has 0 saturated heterocycles. The zero-order valence-corrected chi connectivity index (χ0v) is 14.4. The minimum atomic E-state index is -0.551. The fourth-order valence-electron chi connectivity index (χ4n) is 2.36. The molecule has 0 unspecified atom stereocenters. The van der Waals surface area contributed by atoms with Gasteiger partial charge in [0.2, 0.25) is 5.95 Å². The Labute approximate surface area is 150 Å². The normalized spacial score (nSPS) is 10.4. The Kier molecular flexibility index (Phi) is 4.79. The van der Waals surface area contributed by atoms with Crippen LogP contribution in [0.2, 0.25) is 0 Å². The van der Waals surface area contributed by atoms with Gasteiger partial charge in [0, 0.05) is 25.9 Å². The number of amides is 1. The molecule has 3 aromatic rings. The van der Waals surface area contributed by atoms with Gasteiger partial charge in [0.25, 0.3) is 5.91 Å². The van der Waals surface area contributed by atoms with E-state index in [1.807, 2.05) is 25.1 Å². The van der Waals surface area contributed by atoms with E-state index in [1.165, 1.54) is 12.3 Å². The van der Waals surface area contributed by atoms with Crippen molar-refractivity contribution in [3.63, 3.8) is 0 Å². The molecule has 0 atom stereocenters. The first kappa shape index (κ1) is 17.3. The molecule has 132 valence electrons. The first-order valence-corrected chi connectivity index (χ1v) is 7.90. The molecule has 7 heteroatoms. The monoisotopic (exact) mass is 351 g/mol. The molecule has 0 aliphatic rings. The summed E-state index contributed by atoms with van der Waals surface area (Å²) in [6, 6.07) is 11.5. The van der Waals surface area contributed by atoms with Crippen molar-refractivity contribution in [2.45, 2.75) is 0 Å². The number of carbonyl (C=O) groups is 1. The average molecular weight is 351 g/mol. The lowest BCUT2D eigenvalue weighted by atomic mass is 10.1. The van der Waals surface area contributed by atoms with Crippen molar-refractivity contribution in [1.29, 1.82) is 0 Å². The standard InChI is InChI=1S/C19H18FN5O/c1-25(2)14-5-7-16(22-11-14)19(26)24-17-9-12(3-6-15(17)21)13-4-8-18(20)23-10-13/h3-11H,21H2,1-2H3,(H,24,26). The third-order valence-electron chi connectivity index (χ3n) is 3.86. The van der Waals surface area contributed by atoms with E-state index in [4.69, 9.17) is 5.73 Å². The fourth-order valence-corrected chi connectivity index (χ4v) is 2.36. The number of hydrogen-bond donors (Lipinski definition) is 2. The first-order valence-electron chi connectivity index (χ1n) is 7.90. The molecule has 1 amide bonds. The zero-order chi connectivity index (χ0) is 18.7. The molecule has 0 fully saturated rings.